The first kappa shape index (κ1) is 14.0. The van der Waals surface area contributed by atoms with E-state index in [0.717, 1.165) is 18.3 Å². The summed E-state index contributed by atoms with van der Waals surface area (Å²) in [5.74, 6) is 0. The molecule has 0 aliphatic carbocycles. The first-order valence-electron chi connectivity index (χ1n) is 8.43. The Morgan fingerprint density at radius 3 is 2.95 bits per heavy atom. The van der Waals surface area contributed by atoms with E-state index in [0.29, 0.717) is 0 Å². The average Bonchev–Trinajstić information content (AvgIpc) is 3.14. The van der Waals surface area contributed by atoms with Crippen LogP contribution in [0.5, 0.6) is 0 Å². The molecule has 2 fully saturated rings. The summed E-state index contributed by atoms with van der Waals surface area (Å²) in [6.07, 6.45) is 9.96. The Labute approximate surface area is 132 Å². The molecule has 0 unspecified atom stereocenters. The van der Waals surface area contributed by atoms with Gasteiger partial charge in [0.05, 0.1) is 11.9 Å². The Balaban J connectivity index is 1.51. The van der Waals surface area contributed by atoms with Crippen LogP contribution in [0.4, 0.5) is 0 Å². The minimum atomic E-state index is 0.782. The van der Waals surface area contributed by atoms with Gasteiger partial charge in [0.15, 0.2) is 0 Å². The fourth-order valence-corrected chi connectivity index (χ4v) is 3.95. The van der Waals surface area contributed by atoms with Gasteiger partial charge in [-0.3, -0.25) is 14.8 Å². The summed E-state index contributed by atoms with van der Waals surface area (Å²) < 4.78 is 2.27. The molecule has 0 spiro atoms. The van der Waals surface area contributed by atoms with Crippen molar-refractivity contribution in [2.24, 2.45) is 0 Å². The molecule has 2 aromatic heterocycles. The summed E-state index contributed by atoms with van der Waals surface area (Å²) in [6, 6.07) is 9.29. The van der Waals surface area contributed by atoms with Gasteiger partial charge in [-0.05, 0) is 63.2 Å². The van der Waals surface area contributed by atoms with Gasteiger partial charge in [-0.2, -0.15) is 0 Å². The van der Waals surface area contributed by atoms with Crippen molar-refractivity contribution < 1.29 is 0 Å². The Hall–Kier alpha value is -1.65. The van der Waals surface area contributed by atoms with Crippen molar-refractivity contribution >= 4 is 0 Å². The third kappa shape index (κ3) is 2.81. The first-order chi connectivity index (χ1) is 10.9. The van der Waals surface area contributed by atoms with Gasteiger partial charge in [-0.25, -0.2) is 0 Å². The zero-order valence-electron chi connectivity index (χ0n) is 13.1. The quantitative estimate of drug-likeness (QED) is 0.870. The third-order valence-corrected chi connectivity index (χ3v) is 5.03. The number of nitrogens with zero attached hydrogens (tertiary/aromatic N) is 4. The average molecular weight is 296 g/mol. The zero-order chi connectivity index (χ0) is 14.8. The molecule has 4 nitrogen and oxygen atoms in total. The maximum absolute atomic E-state index is 4.25. The Bertz CT molecular complexity index is 607. The SMILES string of the molecule is c1cncc(-n2cccc2CN2CCCN3CCC[C@H]3C2)c1. The van der Waals surface area contributed by atoms with Crippen LogP contribution in [0.3, 0.4) is 0 Å². The molecule has 22 heavy (non-hydrogen) atoms. The highest BCUT2D eigenvalue weighted by atomic mass is 15.3. The van der Waals surface area contributed by atoms with Crippen molar-refractivity contribution in [1.29, 1.82) is 0 Å². The predicted molar refractivity (Wildman–Crippen MR) is 88.1 cm³/mol. The van der Waals surface area contributed by atoms with E-state index in [1.54, 1.807) is 0 Å². The Morgan fingerprint density at radius 2 is 2.05 bits per heavy atom. The molecule has 4 heteroatoms. The lowest BCUT2D eigenvalue weighted by Gasteiger charge is -2.26. The predicted octanol–water partition coefficient (Wildman–Crippen LogP) is 2.54. The lowest BCUT2D eigenvalue weighted by molar-refractivity contribution is 0.213. The summed E-state index contributed by atoms with van der Waals surface area (Å²) in [6.45, 7) is 6.06. The highest BCUT2D eigenvalue weighted by Crippen LogP contribution is 2.23. The lowest BCUT2D eigenvalue weighted by Crippen LogP contribution is -2.36. The smallest absolute Gasteiger partial charge is 0.0636 e. The van der Waals surface area contributed by atoms with Crippen molar-refractivity contribution in [2.75, 3.05) is 26.2 Å². The molecule has 4 heterocycles. The third-order valence-electron chi connectivity index (χ3n) is 5.03. The van der Waals surface area contributed by atoms with Crippen LogP contribution in [0.15, 0.2) is 42.9 Å². The maximum Gasteiger partial charge on any atom is 0.0636 e. The molecule has 0 radical (unpaired) electrons. The second kappa shape index (κ2) is 6.23. The fraction of sp³-hybridized carbons (Fsp3) is 0.500. The molecule has 1 atom stereocenters. The molecule has 0 saturated carbocycles. The number of pyridine rings is 1. The normalized spacial score (nSPS) is 23.4. The van der Waals surface area contributed by atoms with Crippen LogP contribution in [0, 0.1) is 0 Å². The van der Waals surface area contributed by atoms with Crippen molar-refractivity contribution in [3.63, 3.8) is 0 Å². The molecular weight excluding hydrogens is 272 g/mol. The number of aromatic nitrogens is 2. The summed E-state index contributed by atoms with van der Waals surface area (Å²) in [4.78, 5) is 9.58. The van der Waals surface area contributed by atoms with E-state index < -0.39 is 0 Å². The van der Waals surface area contributed by atoms with E-state index in [2.05, 4.69) is 43.7 Å². The van der Waals surface area contributed by atoms with Crippen molar-refractivity contribution in [1.82, 2.24) is 19.4 Å². The highest BCUT2D eigenvalue weighted by Gasteiger charge is 2.28. The van der Waals surface area contributed by atoms with Crippen LogP contribution in [0.2, 0.25) is 0 Å². The van der Waals surface area contributed by atoms with Gasteiger partial charge in [0.2, 0.25) is 0 Å². The molecule has 2 aliphatic heterocycles. The summed E-state index contributed by atoms with van der Waals surface area (Å²) >= 11 is 0. The lowest BCUT2D eigenvalue weighted by atomic mass is 10.2. The molecule has 0 amide bonds. The molecule has 0 N–H and O–H groups in total. The minimum absolute atomic E-state index is 0.782. The number of fused-ring (bicyclic) bond motifs is 1. The zero-order valence-corrected chi connectivity index (χ0v) is 13.1. The summed E-state index contributed by atoms with van der Waals surface area (Å²) in [5.41, 5.74) is 2.51. The van der Waals surface area contributed by atoms with Crippen LogP contribution < -0.4 is 0 Å². The molecule has 2 aliphatic rings. The van der Waals surface area contributed by atoms with Gasteiger partial charge in [0.1, 0.15) is 0 Å². The standard InChI is InChI=1S/C18H24N4/c1-5-16(13-19-8-1)22-12-3-7-18(22)15-20-9-4-11-21-10-2-6-17(21)14-20/h1,3,5,7-8,12-13,17H,2,4,6,9-11,14-15H2/t17-/m0/s1. The topological polar surface area (TPSA) is 24.3 Å². The van der Waals surface area contributed by atoms with Gasteiger partial charge >= 0.3 is 0 Å². The van der Waals surface area contributed by atoms with Crippen molar-refractivity contribution in [3.05, 3.63) is 48.5 Å². The molecule has 0 aromatic carbocycles. The Morgan fingerprint density at radius 1 is 1.09 bits per heavy atom. The first-order valence-corrected chi connectivity index (χ1v) is 8.43. The van der Waals surface area contributed by atoms with Crippen LogP contribution in [-0.4, -0.2) is 51.6 Å². The van der Waals surface area contributed by atoms with Crippen LogP contribution in [0.25, 0.3) is 5.69 Å². The number of hydrogen-bond acceptors (Lipinski definition) is 3. The van der Waals surface area contributed by atoms with Gasteiger partial charge in [0, 0.05) is 37.2 Å². The minimum Gasteiger partial charge on any atom is -0.318 e. The monoisotopic (exact) mass is 296 g/mol. The van der Waals surface area contributed by atoms with Crippen LogP contribution in [0.1, 0.15) is 25.0 Å². The van der Waals surface area contributed by atoms with Crippen molar-refractivity contribution in [3.8, 4) is 5.69 Å². The summed E-state index contributed by atoms with van der Waals surface area (Å²) in [7, 11) is 0. The van der Waals surface area contributed by atoms with E-state index in [1.807, 2.05) is 18.5 Å². The van der Waals surface area contributed by atoms with E-state index in [-0.39, 0.29) is 0 Å². The Kier molecular flexibility index (Phi) is 3.95. The van der Waals surface area contributed by atoms with E-state index in [9.17, 15) is 0 Å². The van der Waals surface area contributed by atoms with Gasteiger partial charge in [0.25, 0.3) is 0 Å². The van der Waals surface area contributed by atoms with Gasteiger partial charge in [-0.15, -0.1) is 0 Å². The number of hydrogen-bond donors (Lipinski definition) is 0. The molecule has 116 valence electrons. The summed E-state index contributed by atoms with van der Waals surface area (Å²) in [5, 5.41) is 0. The molecule has 2 aromatic rings. The molecular formula is C18H24N4. The van der Waals surface area contributed by atoms with Crippen molar-refractivity contribution in [2.45, 2.75) is 31.8 Å². The van der Waals surface area contributed by atoms with Crippen LogP contribution in [-0.2, 0) is 6.54 Å². The molecule has 2 saturated heterocycles. The van der Waals surface area contributed by atoms with E-state index in [1.165, 1.54) is 51.1 Å². The largest absolute Gasteiger partial charge is 0.318 e. The van der Waals surface area contributed by atoms with Crippen LogP contribution >= 0.6 is 0 Å². The van der Waals surface area contributed by atoms with E-state index in [4.69, 9.17) is 0 Å². The van der Waals surface area contributed by atoms with Gasteiger partial charge in [-0.1, -0.05) is 0 Å². The highest BCUT2D eigenvalue weighted by molar-refractivity contribution is 5.32. The van der Waals surface area contributed by atoms with Gasteiger partial charge < -0.3 is 4.57 Å². The fourth-order valence-electron chi connectivity index (χ4n) is 3.95. The second-order valence-electron chi connectivity index (χ2n) is 6.50. The second-order valence-corrected chi connectivity index (χ2v) is 6.50. The molecule has 0 bridgehead atoms. The molecule has 4 rings (SSSR count). The van der Waals surface area contributed by atoms with E-state index >= 15 is 0 Å². The maximum atomic E-state index is 4.25. The number of rotatable bonds is 3.